The van der Waals surface area contributed by atoms with Gasteiger partial charge in [-0.15, -0.1) is 0 Å². The van der Waals surface area contributed by atoms with Crippen molar-refractivity contribution in [3.63, 3.8) is 0 Å². The van der Waals surface area contributed by atoms with Crippen molar-refractivity contribution in [2.24, 2.45) is 23.0 Å². The van der Waals surface area contributed by atoms with E-state index in [9.17, 15) is 9.59 Å². The second-order valence-electron chi connectivity index (χ2n) is 8.84. The molecule has 1 fully saturated rings. The van der Waals surface area contributed by atoms with Crippen molar-refractivity contribution in [1.82, 2.24) is 5.32 Å². The molecule has 150 valence electrons. The summed E-state index contributed by atoms with van der Waals surface area (Å²) in [6.07, 6.45) is 4.77. The molecule has 27 heavy (non-hydrogen) atoms. The van der Waals surface area contributed by atoms with Crippen LogP contribution in [0.3, 0.4) is 0 Å². The van der Waals surface area contributed by atoms with Crippen molar-refractivity contribution in [2.45, 2.75) is 65.5 Å². The van der Waals surface area contributed by atoms with Gasteiger partial charge in [0, 0.05) is 11.6 Å². The van der Waals surface area contributed by atoms with Crippen LogP contribution in [0.25, 0.3) is 0 Å². The van der Waals surface area contributed by atoms with Gasteiger partial charge >= 0.3 is 5.97 Å². The molecule has 0 spiro atoms. The van der Waals surface area contributed by atoms with E-state index < -0.39 is 12.0 Å². The number of benzene rings is 1. The molecule has 0 heterocycles. The Kier molecular flexibility index (Phi) is 7.04. The fourth-order valence-corrected chi connectivity index (χ4v) is 3.99. The second kappa shape index (κ2) is 8.87. The first-order chi connectivity index (χ1) is 12.6. The van der Waals surface area contributed by atoms with Crippen LogP contribution in [0.1, 0.15) is 75.3 Å². The summed E-state index contributed by atoms with van der Waals surface area (Å²) in [5, 5.41) is 2.63. The average Bonchev–Trinajstić information content (AvgIpc) is 2.66. The molecule has 1 saturated carbocycles. The van der Waals surface area contributed by atoms with E-state index in [0.29, 0.717) is 16.9 Å². The number of rotatable bonds is 5. The van der Waals surface area contributed by atoms with Gasteiger partial charge in [0.05, 0.1) is 7.11 Å². The first-order valence-corrected chi connectivity index (χ1v) is 9.87. The molecule has 1 aliphatic rings. The fourth-order valence-electron chi connectivity index (χ4n) is 3.99. The number of methoxy groups -OCH3 is 1. The molecule has 2 unspecified atom stereocenters. The molecule has 0 aliphatic heterocycles. The van der Waals surface area contributed by atoms with Crippen LogP contribution >= 0.6 is 0 Å². The highest BCUT2D eigenvalue weighted by molar-refractivity contribution is 5.96. The third-order valence-corrected chi connectivity index (χ3v) is 5.96. The summed E-state index contributed by atoms with van der Waals surface area (Å²) in [6.45, 7) is 8.57. The number of carbonyl (C=O) groups excluding carboxylic acids is 2. The standard InChI is InChI=1S/C22H34N2O3/c1-14(21(26)27-5)24-20(25)17-8-6-15(7-9-17)19(23)16-10-12-18(13-11-16)22(2,3)4/h6-9,14,16,18-19H,10-13,23H2,1-5H3,(H,24,25). The van der Waals surface area contributed by atoms with E-state index in [1.54, 1.807) is 19.1 Å². The van der Waals surface area contributed by atoms with Crippen LogP contribution < -0.4 is 11.1 Å². The number of amides is 1. The molecule has 2 rings (SSSR count). The van der Waals surface area contributed by atoms with E-state index in [-0.39, 0.29) is 11.9 Å². The maximum Gasteiger partial charge on any atom is 0.328 e. The van der Waals surface area contributed by atoms with E-state index >= 15 is 0 Å². The molecule has 3 N–H and O–H groups in total. The molecule has 1 amide bonds. The Morgan fingerprint density at radius 2 is 1.67 bits per heavy atom. The normalized spacial score (nSPS) is 22.6. The maximum atomic E-state index is 12.2. The van der Waals surface area contributed by atoms with Crippen molar-refractivity contribution in [3.05, 3.63) is 35.4 Å². The summed E-state index contributed by atoms with van der Waals surface area (Å²) in [6, 6.07) is 6.72. The Bertz CT molecular complexity index is 641. The quantitative estimate of drug-likeness (QED) is 0.768. The predicted molar refractivity (Wildman–Crippen MR) is 107 cm³/mol. The summed E-state index contributed by atoms with van der Waals surface area (Å²) in [5.74, 6) is 0.498. The monoisotopic (exact) mass is 374 g/mol. The van der Waals surface area contributed by atoms with Crippen LogP contribution in [0.15, 0.2) is 24.3 Å². The Morgan fingerprint density at radius 1 is 1.11 bits per heavy atom. The van der Waals surface area contributed by atoms with Gasteiger partial charge in [-0.2, -0.15) is 0 Å². The van der Waals surface area contributed by atoms with Gasteiger partial charge < -0.3 is 15.8 Å². The zero-order chi connectivity index (χ0) is 20.2. The Morgan fingerprint density at radius 3 is 2.15 bits per heavy atom. The van der Waals surface area contributed by atoms with Crippen LogP contribution in [-0.4, -0.2) is 25.0 Å². The van der Waals surface area contributed by atoms with E-state index in [2.05, 4.69) is 30.8 Å². The minimum absolute atomic E-state index is 0.00276. The van der Waals surface area contributed by atoms with Crippen molar-refractivity contribution in [3.8, 4) is 0 Å². The lowest BCUT2D eigenvalue weighted by Crippen LogP contribution is -2.39. The minimum Gasteiger partial charge on any atom is -0.467 e. The van der Waals surface area contributed by atoms with E-state index in [1.807, 2.05) is 12.1 Å². The Balaban J connectivity index is 1.95. The third-order valence-electron chi connectivity index (χ3n) is 5.96. The van der Waals surface area contributed by atoms with Gasteiger partial charge in [0.1, 0.15) is 6.04 Å². The number of nitrogens with one attached hydrogen (secondary N) is 1. The van der Waals surface area contributed by atoms with Crippen LogP contribution in [0.4, 0.5) is 0 Å². The molecule has 5 heteroatoms. The van der Waals surface area contributed by atoms with Gasteiger partial charge in [0.15, 0.2) is 0 Å². The molecule has 1 aliphatic carbocycles. The third kappa shape index (κ3) is 5.55. The lowest BCUT2D eigenvalue weighted by molar-refractivity contribution is -0.142. The zero-order valence-corrected chi connectivity index (χ0v) is 17.2. The predicted octanol–water partition coefficient (Wildman–Crippen LogP) is 3.83. The molecular weight excluding hydrogens is 340 g/mol. The zero-order valence-electron chi connectivity index (χ0n) is 17.2. The highest BCUT2D eigenvalue weighted by Crippen LogP contribution is 2.42. The van der Waals surface area contributed by atoms with E-state index in [4.69, 9.17) is 5.73 Å². The van der Waals surface area contributed by atoms with Gasteiger partial charge in [0.25, 0.3) is 5.91 Å². The largest absolute Gasteiger partial charge is 0.467 e. The van der Waals surface area contributed by atoms with Gasteiger partial charge in [0.2, 0.25) is 0 Å². The number of ether oxygens (including phenoxy) is 1. The molecule has 5 nitrogen and oxygen atoms in total. The molecule has 0 radical (unpaired) electrons. The van der Waals surface area contributed by atoms with Gasteiger partial charge in [-0.05, 0) is 67.6 Å². The summed E-state index contributed by atoms with van der Waals surface area (Å²) < 4.78 is 4.62. The Labute approximate surface area is 163 Å². The van der Waals surface area contributed by atoms with Crippen LogP contribution in [0.5, 0.6) is 0 Å². The first kappa shape index (κ1) is 21.4. The first-order valence-electron chi connectivity index (χ1n) is 9.87. The summed E-state index contributed by atoms with van der Waals surface area (Å²) >= 11 is 0. The number of carbonyl (C=O) groups is 2. The molecular formula is C22H34N2O3. The van der Waals surface area contributed by atoms with E-state index in [1.165, 1.54) is 20.0 Å². The Hall–Kier alpha value is -1.88. The van der Waals surface area contributed by atoms with Crippen LogP contribution in [0.2, 0.25) is 0 Å². The van der Waals surface area contributed by atoms with E-state index in [0.717, 1.165) is 24.3 Å². The number of esters is 1. The van der Waals surface area contributed by atoms with Gasteiger partial charge in [-0.1, -0.05) is 32.9 Å². The fraction of sp³-hybridized carbons (Fsp3) is 0.636. The summed E-state index contributed by atoms with van der Waals surface area (Å²) in [4.78, 5) is 23.7. The topological polar surface area (TPSA) is 81.4 Å². The van der Waals surface area contributed by atoms with Crippen molar-refractivity contribution >= 4 is 11.9 Å². The highest BCUT2D eigenvalue weighted by atomic mass is 16.5. The minimum atomic E-state index is -0.678. The van der Waals surface area contributed by atoms with Gasteiger partial charge in [-0.3, -0.25) is 4.79 Å². The maximum absolute atomic E-state index is 12.2. The molecule has 0 saturated heterocycles. The van der Waals surface area contributed by atoms with Crippen molar-refractivity contribution < 1.29 is 14.3 Å². The van der Waals surface area contributed by atoms with Gasteiger partial charge in [-0.25, -0.2) is 4.79 Å². The SMILES string of the molecule is COC(=O)C(C)NC(=O)c1ccc(C(N)C2CCC(C(C)(C)C)CC2)cc1. The van der Waals surface area contributed by atoms with Crippen molar-refractivity contribution in [2.75, 3.05) is 7.11 Å². The summed E-state index contributed by atoms with van der Waals surface area (Å²) in [5.41, 5.74) is 8.47. The van der Waals surface area contributed by atoms with Crippen molar-refractivity contribution in [1.29, 1.82) is 0 Å². The molecule has 0 bridgehead atoms. The second-order valence-corrected chi connectivity index (χ2v) is 8.84. The number of hydrogen-bond donors (Lipinski definition) is 2. The average molecular weight is 375 g/mol. The van der Waals surface area contributed by atoms with Crippen LogP contribution in [-0.2, 0) is 9.53 Å². The lowest BCUT2D eigenvalue weighted by Gasteiger charge is -2.38. The number of nitrogens with two attached hydrogens (primary N) is 1. The summed E-state index contributed by atoms with van der Waals surface area (Å²) in [7, 11) is 1.30. The molecule has 1 aromatic carbocycles. The smallest absolute Gasteiger partial charge is 0.328 e. The number of hydrogen-bond acceptors (Lipinski definition) is 4. The highest BCUT2D eigenvalue weighted by Gasteiger charge is 2.32. The molecule has 2 atom stereocenters. The lowest BCUT2D eigenvalue weighted by atomic mass is 9.68. The molecule has 1 aromatic rings. The molecule has 0 aromatic heterocycles. The van der Waals surface area contributed by atoms with Crippen LogP contribution in [0, 0.1) is 17.3 Å².